The molecule has 0 N–H and O–H groups in total. The highest BCUT2D eigenvalue weighted by atomic mass is 19.1. The van der Waals surface area contributed by atoms with Crippen LogP contribution in [0, 0.1) is 23.0 Å². The minimum atomic E-state index is -0.762. The molecule has 0 aromatic heterocycles. The maximum absolute atomic E-state index is 12.8. The lowest BCUT2D eigenvalue weighted by molar-refractivity contribution is 0.577. The van der Waals surface area contributed by atoms with Gasteiger partial charge in [0.2, 0.25) is 0 Å². The van der Waals surface area contributed by atoms with Crippen molar-refractivity contribution in [2.24, 2.45) is 0 Å². The molecule has 0 unspecified atom stereocenters. The van der Waals surface area contributed by atoms with Gasteiger partial charge < -0.3 is 0 Å². The largest absolute Gasteiger partial charge is 0.206 e. The number of rotatable bonds is 1. The molecule has 0 aliphatic heterocycles. The Labute approximate surface area is 68.6 Å². The fourth-order valence-electron chi connectivity index (χ4n) is 0.842. The van der Waals surface area contributed by atoms with Crippen LogP contribution in [0.1, 0.15) is 5.56 Å². The van der Waals surface area contributed by atoms with E-state index in [9.17, 15) is 8.78 Å². The van der Waals surface area contributed by atoms with Gasteiger partial charge in [0.15, 0.2) is 0 Å². The quantitative estimate of drug-likeness (QED) is 0.586. The fraction of sp³-hybridized carbons (Fsp3) is 0. The normalized spacial score (nSPS) is 9.08. The first-order valence-electron chi connectivity index (χ1n) is 3.20. The van der Waals surface area contributed by atoms with Crippen LogP contribution in [-0.2, 0) is 0 Å². The van der Waals surface area contributed by atoms with E-state index in [1.807, 2.05) is 0 Å². The number of hydrogen-bond acceptors (Lipinski definition) is 1. The second-order valence-corrected chi connectivity index (χ2v) is 2.19. The lowest BCUT2D eigenvalue weighted by Gasteiger charge is -1.99. The van der Waals surface area contributed by atoms with Crippen molar-refractivity contribution in [3.63, 3.8) is 0 Å². The van der Waals surface area contributed by atoms with E-state index in [1.165, 1.54) is 6.07 Å². The minimum absolute atomic E-state index is 0.203. The highest BCUT2D eigenvalue weighted by molar-refractivity contribution is 5.75. The van der Waals surface area contributed by atoms with Crippen molar-refractivity contribution in [1.82, 2.24) is 0 Å². The Kier molecular flexibility index (Phi) is 2.20. The molecule has 0 heterocycles. The fourth-order valence-corrected chi connectivity index (χ4v) is 0.842. The lowest BCUT2D eigenvalue weighted by Crippen LogP contribution is -1.91. The van der Waals surface area contributed by atoms with E-state index >= 15 is 0 Å². The summed E-state index contributed by atoms with van der Waals surface area (Å²) >= 11 is 0. The highest BCUT2D eigenvalue weighted by Crippen LogP contribution is 2.19. The standard InChI is InChI=1S/C9H5F2N/c1-6(5-12)9-7(10)3-2-4-8(9)11/h2-4H,1H2. The maximum Gasteiger partial charge on any atom is 0.134 e. The zero-order chi connectivity index (χ0) is 9.14. The molecule has 1 aromatic rings. The molecule has 12 heavy (non-hydrogen) atoms. The summed E-state index contributed by atoms with van der Waals surface area (Å²) in [6.07, 6.45) is 0. The Morgan fingerprint density at radius 1 is 1.33 bits per heavy atom. The van der Waals surface area contributed by atoms with Crippen LogP contribution in [-0.4, -0.2) is 0 Å². The zero-order valence-electron chi connectivity index (χ0n) is 6.14. The van der Waals surface area contributed by atoms with E-state index in [4.69, 9.17) is 5.26 Å². The Morgan fingerprint density at radius 2 is 1.83 bits per heavy atom. The molecule has 0 saturated heterocycles. The Hall–Kier alpha value is -1.69. The van der Waals surface area contributed by atoms with Crippen molar-refractivity contribution >= 4 is 5.57 Å². The molecule has 3 heteroatoms. The number of nitriles is 1. The average Bonchev–Trinajstić information content (AvgIpc) is 2.03. The van der Waals surface area contributed by atoms with E-state index in [1.54, 1.807) is 6.07 Å². The zero-order valence-corrected chi connectivity index (χ0v) is 6.14. The Morgan fingerprint density at radius 3 is 2.25 bits per heavy atom. The van der Waals surface area contributed by atoms with Gasteiger partial charge >= 0.3 is 0 Å². The van der Waals surface area contributed by atoms with Gasteiger partial charge in [-0.3, -0.25) is 0 Å². The predicted octanol–water partition coefficient (Wildman–Crippen LogP) is 2.50. The first-order chi connectivity index (χ1) is 5.66. The molecule has 0 saturated carbocycles. The third-order valence-corrected chi connectivity index (χ3v) is 1.40. The summed E-state index contributed by atoms with van der Waals surface area (Å²) in [6, 6.07) is 4.99. The summed E-state index contributed by atoms with van der Waals surface area (Å²) in [5.74, 6) is -1.52. The molecular formula is C9H5F2N. The summed E-state index contributed by atoms with van der Waals surface area (Å²) in [4.78, 5) is 0. The van der Waals surface area contributed by atoms with Crippen molar-refractivity contribution < 1.29 is 8.78 Å². The summed E-state index contributed by atoms with van der Waals surface area (Å²) in [5, 5.41) is 8.35. The van der Waals surface area contributed by atoms with E-state index in [-0.39, 0.29) is 11.1 Å². The molecule has 0 bridgehead atoms. The number of benzene rings is 1. The Balaban J connectivity index is 3.33. The molecule has 1 aromatic carbocycles. The van der Waals surface area contributed by atoms with Crippen molar-refractivity contribution in [2.75, 3.05) is 0 Å². The van der Waals surface area contributed by atoms with Crippen molar-refractivity contribution in [2.45, 2.75) is 0 Å². The average molecular weight is 165 g/mol. The van der Waals surface area contributed by atoms with E-state index in [2.05, 4.69) is 6.58 Å². The smallest absolute Gasteiger partial charge is 0.134 e. The topological polar surface area (TPSA) is 23.8 Å². The van der Waals surface area contributed by atoms with E-state index in [0.717, 1.165) is 12.1 Å². The number of allylic oxidation sites excluding steroid dienone is 1. The van der Waals surface area contributed by atoms with Crippen molar-refractivity contribution in [1.29, 1.82) is 5.26 Å². The molecule has 0 atom stereocenters. The van der Waals surface area contributed by atoms with Gasteiger partial charge in [0.05, 0.1) is 17.2 Å². The maximum atomic E-state index is 12.8. The summed E-state index contributed by atoms with van der Waals surface area (Å²) in [7, 11) is 0. The summed E-state index contributed by atoms with van der Waals surface area (Å²) in [6.45, 7) is 3.22. The van der Waals surface area contributed by atoms with Gasteiger partial charge in [0.1, 0.15) is 11.6 Å². The van der Waals surface area contributed by atoms with Crippen LogP contribution in [0.2, 0.25) is 0 Å². The van der Waals surface area contributed by atoms with E-state index in [0.29, 0.717) is 0 Å². The SMILES string of the molecule is C=C(C#N)c1c(F)cccc1F. The molecule has 0 radical (unpaired) electrons. The van der Waals surface area contributed by atoms with Gasteiger partial charge in [-0.05, 0) is 12.1 Å². The molecular weight excluding hydrogens is 160 g/mol. The van der Waals surface area contributed by atoms with Crippen LogP contribution >= 0.6 is 0 Å². The van der Waals surface area contributed by atoms with Crippen molar-refractivity contribution in [3.8, 4) is 6.07 Å². The molecule has 0 amide bonds. The minimum Gasteiger partial charge on any atom is -0.206 e. The third kappa shape index (κ3) is 1.32. The predicted molar refractivity (Wildman–Crippen MR) is 41.0 cm³/mol. The monoisotopic (exact) mass is 165 g/mol. The highest BCUT2D eigenvalue weighted by Gasteiger charge is 2.10. The summed E-state index contributed by atoms with van der Waals surface area (Å²) < 4.78 is 25.7. The molecule has 1 nitrogen and oxygen atoms in total. The number of halogens is 2. The second-order valence-electron chi connectivity index (χ2n) is 2.19. The first-order valence-corrected chi connectivity index (χ1v) is 3.20. The molecule has 0 aliphatic carbocycles. The van der Waals surface area contributed by atoms with Gasteiger partial charge in [-0.2, -0.15) is 5.26 Å². The third-order valence-electron chi connectivity index (χ3n) is 1.40. The van der Waals surface area contributed by atoms with Gasteiger partial charge in [-0.25, -0.2) is 8.78 Å². The van der Waals surface area contributed by atoms with Crippen LogP contribution in [0.15, 0.2) is 24.8 Å². The van der Waals surface area contributed by atoms with Gasteiger partial charge in [-0.15, -0.1) is 0 Å². The van der Waals surface area contributed by atoms with Gasteiger partial charge in [-0.1, -0.05) is 12.6 Å². The van der Waals surface area contributed by atoms with Crippen LogP contribution in [0.3, 0.4) is 0 Å². The second kappa shape index (κ2) is 3.14. The molecule has 0 aliphatic rings. The number of hydrogen-bond donors (Lipinski definition) is 0. The van der Waals surface area contributed by atoms with Crippen LogP contribution in [0.4, 0.5) is 8.78 Å². The number of nitrogens with zero attached hydrogens (tertiary/aromatic N) is 1. The molecule has 1 rings (SSSR count). The van der Waals surface area contributed by atoms with Crippen LogP contribution in [0.5, 0.6) is 0 Å². The van der Waals surface area contributed by atoms with Crippen LogP contribution < -0.4 is 0 Å². The Bertz CT molecular complexity index is 343. The van der Waals surface area contributed by atoms with Crippen molar-refractivity contribution in [3.05, 3.63) is 42.0 Å². The van der Waals surface area contributed by atoms with E-state index < -0.39 is 11.6 Å². The summed E-state index contributed by atoms with van der Waals surface area (Å²) in [5.41, 5.74) is -0.550. The molecule has 60 valence electrons. The molecule has 0 fully saturated rings. The van der Waals surface area contributed by atoms with Gasteiger partial charge in [0, 0.05) is 0 Å². The van der Waals surface area contributed by atoms with Crippen LogP contribution in [0.25, 0.3) is 5.57 Å². The lowest BCUT2D eigenvalue weighted by atomic mass is 10.1. The van der Waals surface area contributed by atoms with Gasteiger partial charge in [0.25, 0.3) is 0 Å². The molecule has 0 spiro atoms. The first kappa shape index (κ1) is 8.41.